The first-order chi connectivity index (χ1) is 13.6. The van der Waals surface area contributed by atoms with Gasteiger partial charge in [-0.15, -0.1) is 0 Å². The average molecular weight is 387 g/mol. The number of likely N-dealkylation sites (tertiary alicyclic amines) is 1. The van der Waals surface area contributed by atoms with Crippen LogP contribution in [0.1, 0.15) is 48.7 Å². The standard InChI is InChI=1S/C21H26FN3O3/c1-15-12-18(24-28-15)19-6-3-9-25(19)20(26)23-14-21(7-10-27-11-8-21)16-4-2-5-17(22)13-16/h2,4-5,12-13,19H,3,6-11,14H2,1H3,(H,23,26)/t19-/m1/s1. The average Bonchev–Trinajstić information content (AvgIpc) is 3.36. The van der Waals surface area contributed by atoms with E-state index < -0.39 is 0 Å². The number of amides is 2. The molecule has 2 aromatic rings. The number of ether oxygens (including phenoxy) is 1. The molecule has 0 aliphatic carbocycles. The summed E-state index contributed by atoms with van der Waals surface area (Å²) in [4.78, 5) is 14.8. The predicted octanol–water partition coefficient (Wildman–Crippen LogP) is 3.72. The molecular weight excluding hydrogens is 361 g/mol. The van der Waals surface area contributed by atoms with E-state index in [9.17, 15) is 9.18 Å². The maximum Gasteiger partial charge on any atom is 0.317 e. The van der Waals surface area contributed by atoms with Crippen LogP contribution in [0.15, 0.2) is 34.9 Å². The molecule has 0 radical (unpaired) electrons. The van der Waals surface area contributed by atoms with Crippen molar-refractivity contribution in [1.82, 2.24) is 15.4 Å². The van der Waals surface area contributed by atoms with Crippen molar-refractivity contribution in [3.63, 3.8) is 0 Å². The second-order valence-corrected chi connectivity index (χ2v) is 7.78. The van der Waals surface area contributed by atoms with Crippen molar-refractivity contribution in [3.05, 3.63) is 53.2 Å². The Morgan fingerprint density at radius 1 is 1.36 bits per heavy atom. The van der Waals surface area contributed by atoms with E-state index in [2.05, 4.69) is 10.5 Å². The number of nitrogens with one attached hydrogen (secondary N) is 1. The first-order valence-corrected chi connectivity index (χ1v) is 9.89. The van der Waals surface area contributed by atoms with E-state index in [1.54, 1.807) is 12.1 Å². The van der Waals surface area contributed by atoms with Crippen LogP contribution < -0.4 is 5.32 Å². The molecular formula is C21H26FN3O3. The number of nitrogens with zero attached hydrogens (tertiary/aromatic N) is 2. The van der Waals surface area contributed by atoms with Crippen LogP contribution in [0, 0.1) is 12.7 Å². The third-order valence-corrected chi connectivity index (χ3v) is 5.97. The molecule has 1 aromatic heterocycles. The zero-order valence-electron chi connectivity index (χ0n) is 16.1. The predicted molar refractivity (Wildman–Crippen MR) is 101 cm³/mol. The highest BCUT2D eigenvalue weighted by molar-refractivity contribution is 5.75. The Labute approximate surface area is 164 Å². The van der Waals surface area contributed by atoms with Gasteiger partial charge in [0.15, 0.2) is 0 Å². The van der Waals surface area contributed by atoms with E-state index >= 15 is 0 Å². The SMILES string of the molecule is Cc1cc([C@H]2CCCN2C(=O)NCC2(c3cccc(F)c3)CCOCC2)no1. The Bertz CT molecular complexity index is 832. The lowest BCUT2D eigenvalue weighted by atomic mass is 9.74. The molecule has 150 valence electrons. The van der Waals surface area contributed by atoms with Crippen molar-refractivity contribution in [2.45, 2.75) is 44.1 Å². The maximum absolute atomic E-state index is 13.8. The Kier molecular flexibility index (Phi) is 5.35. The zero-order chi connectivity index (χ0) is 19.6. The molecule has 7 heteroatoms. The van der Waals surface area contributed by atoms with Gasteiger partial charge in [-0.25, -0.2) is 9.18 Å². The summed E-state index contributed by atoms with van der Waals surface area (Å²) in [6, 6.07) is 8.42. The number of aromatic nitrogens is 1. The zero-order valence-corrected chi connectivity index (χ0v) is 16.1. The Hall–Kier alpha value is -2.41. The molecule has 2 fully saturated rings. The summed E-state index contributed by atoms with van der Waals surface area (Å²) < 4.78 is 24.5. The highest BCUT2D eigenvalue weighted by Crippen LogP contribution is 2.35. The number of aryl methyl sites for hydroxylation is 1. The lowest BCUT2D eigenvalue weighted by molar-refractivity contribution is 0.0499. The van der Waals surface area contributed by atoms with Crippen molar-refractivity contribution < 1.29 is 18.4 Å². The summed E-state index contributed by atoms with van der Waals surface area (Å²) in [6.07, 6.45) is 3.32. The molecule has 1 atom stereocenters. The van der Waals surface area contributed by atoms with Crippen LogP contribution in [0.25, 0.3) is 0 Å². The van der Waals surface area contributed by atoms with E-state index in [0.717, 1.165) is 42.7 Å². The van der Waals surface area contributed by atoms with Crippen molar-refractivity contribution in [2.24, 2.45) is 0 Å². The van der Waals surface area contributed by atoms with Gasteiger partial charge in [-0.2, -0.15) is 0 Å². The molecule has 6 nitrogen and oxygen atoms in total. The summed E-state index contributed by atoms with van der Waals surface area (Å²) in [6.45, 7) is 4.22. The van der Waals surface area contributed by atoms with Crippen molar-refractivity contribution >= 4 is 6.03 Å². The van der Waals surface area contributed by atoms with Crippen LogP contribution in [0.5, 0.6) is 0 Å². The normalized spacial score (nSPS) is 21.6. The van der Waals surface area contributed by atoms with Gasteiger partial charge in [0, 0.05) is 37.8 Å². The largest absolute Gasteiger partial charge is 0.381 e. The molecule has 1 aromatic carbocycles. The second kappa shape index (κ2) is 7.91. The Morgan fingerprint density at radius 3 is 2.89 bits per heavy atom. The molecule has 0 saturated carbocycles. The molecule has 0 bridgehead atoms. The van der Waals surface area contributed by atoms with Gasteiger partial charge >= 0.3 is 6.03 Å². The fraction of sp³-hybridized carbons (Fsp3) is 0.524. The summed E-state index contributed by atoms with van der Waals surface area (Å²) in [5.74, 6) is 0.491. The third-order valence-electron chi connectivity index (χ3n) is 5.97. The molecule has 0 unspecified atom stereocenters. The number of hydrogen-bond acceptors (Lipinski definition) is 4. The van der Waals surface area contributed by atoms with Gasteiger partial charge in [-0.1, -0.05) is 17.3 Å². The van der Waals surface area contributed by atoms with Gasteiger partial charge in [0.2, 0.25) is 0 Å². The minimum absolute atomic E-state index is 0.0581. The number of halogens is 1. The summed E-state index contributed by atoms with van der Waals surface area (Å²) in [5, 5.41) is 7.21. The topological polar surface area (TPSA) is 67.6 Å². The third kappa shape index (κ3) is 3.76. The van der Waals surface area contributed by atoms with E-state index in [-0.39, 0.29) is 23.3 Å². The summed E-state index contributed by atoms with van der Waals surface area (Å²) >= 11 is 0. The van der Waals surface area contributed by atoms with Crippen LogP contribution >= 0.6 is 0 Å². The lowest BCUT2D eigenvalue weighted by Crippen LogP contribution is -2.48. The van der Waals surface area contributed by atoms with Crippen LogP contribution in [0.4, 0.5) is 9.18 Å². The first kappa shape index (κ1) is 18.9. The molecule has 2 amide bonds. The molecule has 28 heavy (non-hydrogen) atoms. The number of hydrogen-bond donors (Lipinski definition) is 1. The van der Waals surface area contributed by atoms with E-state index in [1.165, 1.54) is 6.07 Å². The van der Waals surface area contributed by atoms with Gasteiger partial charge in [-0.3, -0.25) is 0 Å². The number of carbonyl (C=O) groups is 1. The highest BCUT2D eigenvalue weighted by Gasteiger charge is 2.37. The maximum atomic E-state index is 13.8. The van der Waals surface area contributed by atoms with Crippen molar-refractivity contribution in [2.75, 3.05) is 26.3 Å². The van der Waals surface area contributed by atoms with Crippen molar-refractivity contribution in [3.8, 4) is 0 Å². The molecule has 4 rings (SSSR count). The molecule has 2 aliphatic heterocycles. The van der Waals surface area contributed by atoms with Gasteiger partial charge in [-0.05, 0) is 50.3 Å². The highest BCUT2D eigenvalue weighted by atomic mass is 19.1. The van der Waals surface area contributed by atoms with Gasteiger partial charge < -0.3 is 19.5 Å². The Balaban J connectivity index is 1.48. The molecule has 2 aliphatic rings. The minimum Gasteiger partial charge on any atom is -0.381 e. The molecule has 3 heterocycles. The Morgan fingerprint density at radius 2 is 2.18 bits per heavy atom. The smallest absolute Gasteiger partial charge is 0.317 e. The van der Waals surface area contributed by atoms with Crippen LogP contribution in [-0.4, -0.2) is 42.4 Å². The van der Waals surface area contributed by atoms with Crippen molar-refractivity contribution in [1.29, 1.82) is 0 Å². The summed E-state index contributed by atoms with van der Waals surface area (Å²) in [5.41, 5.74) is 1.41. The molecule has 0 spiro atoms. The monoisotopic (exact) mass is 387 g/mol. The number of urea groups is 1. The number of carbonyl (C=O) groups excluding carboxylic acids is 1. The lowest BCUT2D eigenvalue weighted by Gasteiger charge is -2.38. The van der Waals surface area contributed by atoms with Crippen LogP contribution in [-0.2, 0) is 10.2 Å². The quantitative estimate of drug-likeness (QED) is 0.868. The van der Waals surface area contributed by atoms with Crippen LogP contribution in [0.3, 0.4) is 0 Å². The fourth-order valence-corrected chi connectivity index (χ4v) is 4.35. The van der Waals surface area contributed by atoms with E-state index in [1.807, 2.05) is 24.0 Å². The first-order valence-electron chi connectivity index (χ1n) is 9.89. The summed E-state index contributed by atoms with van der Waals surface area (Å²) in [7, 11) is 0. The van der Waals surface area contributed by atoms with Gasteiger partial charge in [0.25, 0.3) is 0 Å². The van der Waals surface area contributed by atoms with Gasteiger partial charge in [0.05, 0.1) is 6.04 Å². The van der Waals surface area contributed by atoms with Gasteiger partial charge in [0.1, 0.15) is 17.3 Å². The second-order valence-electron chi connectivity index (χ2n) is 7.78. The number of benzene rings is 1. The molecule has 2 saturated heterocycles. The minimum atomic E-state index is -0.310. The van der Waals surface area contributed by atoms with E-state index in [4.69, 9.17) is 9.26 Å². The number of rotatable bonds is 4. The fourth-order valence-electron chi connectivity index (χ4n) is 4.35. The molecule has 1 N–H and O–H groups in total. The van der Waals surface area contributed by atoms with E-state index in [0.29, 0.717) is 26.3 Å². The van der Waals surface area contributed by atoms with Crippen LogP contribution in [0.2, 0.25) is 0 Å².